The van der Waals surface area contributed by atoms with Gasteiger partial charge < -0.3 is 13.6 Å². The van der Waals surface area contributed by atoms with Crippen molar-refractivity contribution in [3.8, 4) is 0 Å². The Balaban J connectivity index is 2.18. The number of carbonyl (C=O) groups excluding carboxylic acids is 2. The number of ether oxygens (including phenoxy) is 2. The van der Waals surface area contributed by atoms with E-state index in [1.165, 1.54) is 38.5 Å². The summed E-state index contributed by atoms with van der Waals surface area (Å²) in [5.41, 5.74) is -0.689. The first-order valence-electron chi connectivity index (χ1n) is 15.9. The molecule has 0 saturated heterocycles. The standard InChI is InChI=1S/C34H53O5Si2/c1-5-7-9-11-13-21-27-37-33(35)29-32(34(36)38-28-22-14-12-10-8-6-2)41(4,31-25-19-16-20-26-31)39-40(3)30-23-17-15-18-24-30/h15-20,23-26,32H,5-14,21-22,27-29H2,1-4H3. The predicted molar refractivity (Wildman–Crippen MR) is 174 cm³/mol. The van der Waals surface area contributed by atoms with Gasteiger partial charge in [0.15, 0.2) is 0 Å². The van der Waals surface area contributed by atoms with Crippen LogP contribution in [0, 0.1) is 0 Å². The second-order valence-corrected chi connectivity index (χ2v) is 17.2. The molecule has 0 aliphatic carbocycles. The molecular weight excluding hydrogens is 545 g/mol. The zero-order valence-corrected chi connectivity index (χ0v) is 28.0. The molecule has 2 aromatic rings. The molecule has 0 N–H and O–H groups in total. The maximum absolute atomic E-state index is 13.8. The number of unbranched alkanes of at least 4 members (excludes halogenated alkanes) is 10. The highest BCUT2D eigenvalue weighted by Gasteiger charge is 2.48. The Labute approximate surface area is 252 Å². The summed E-state index contributed by atoms with van der Waals surface area (Å²) in [4.78, 5) is 26.9. The lowest BCUT2D eigenvalue weighted by atomic mass is 10.1. The molecule has 0 saturated carbocycles. The monoisotopic (exact) mass is 597 g/mol. The first-order valence-corrected chi connectivity index (χ1v) is 20.3. The Morgan fingerprint density at radius 2 is 1.20 bits per heavy atom. The van der Waals surface area contributed by atoms with Gasteiger partial charge in [-0.15, -0.1) is 0 Å². The quantitative estimate of drug-likeness (QED) is 0.0795. The topological polar surface area (TPSA) is 61.8 Å². The van der Waals surface area contributed by atoms with Crippen LogP contribution in [0.2, 0.25) is 18.6 Å². The van der Waals surface area contributed by atoms with Crippen molar-refractivity contribution in [2.24, 2.45) is 0 Å². The van der Waals surface area contributed by atoms with Crippen molar-refractivity contribution in [1.29, 1.82) is 0 Å². The minimum absolute atomic E-state index is 0.0211. The normalized spacial score (nSPS) is 13.5. The van der Waals surface area contributed by atoms with Crippen LogP contribution < -0.4 is 10.4 Å². The van der Waals surface area contributed by atoms with Crippen molar-refractivity contribution in [2.75, 3.05) is 13.2 Å². The molecule has 7 heteroatoms. The third kappa shape index (κ3) is 13.1. The number of hydrogen-bond acceptors (Lipinski definition) is 5. The number of carbonyl (C=O) groups is 2. The average Bonchev–Trinajstić information content (AvgIpc) is 2.99. The SMILES string of the molecule is CCCCCCCCOC(=O)CC(C(=O)OCCCCCCCC)[Si](C)(O[Si](C)c1ccccc1)c1ccccc1. The van der Waals surface area contributed by atoms with Crippen molar-refractivity contribution in [3.05, 3.63) is 60.7 Å². The Morgan fingerprint density at radius 1 is 0.707 bits per heavy atom. The van der Waals surface area contributed by atoms with E-state index in [0.29, 0.717) is 13.2 Å². The lowest BCUT2D eigenvalue weighted by molar-refractivity contribution is -0.150. The lowest BCUT2D eigenvalue weighted by Crippen LogP contribution is -2.59. The highest BCUT2D eigenvalue weighted by Crippen LogP contribution is 2.30. The second-order valence-electron chi connectivity index (χ2n) is 11.2. The molecule has 5 nitrogen and oxygen atoms in total. The van der Waals surface area contributed by atoms with Crippen LogP contribution in [0.5, 0.6) is 0 Å². The first-order chi connectivity index (χ1) is 19.9. The second kappa shape index (κ2) is 20.6. The maximum atomic E-state index is 13.8. The molecule has 0 spiro atoms. The van der Waals surface area contributed by atoms with E-state index in [0.717, 1.165) is 48.9 Å². The third-order valence-electron chi connectivity index (χ3n) is 7.72. The zero-order chi connectivity index (χ0) is 29.8. The van der Waals surface area contributed by atoms with E-state index >= 15 is 0 Å². The van der Waals surface area contributed by atoms with Gasteiger partial charge in [-0.3, -0.25) is 9.59 Å². The Bertz CT molecular complexity index is 972. The van der Waals surface area contributed by atoms with Crippen molar-refractivity contribution in [2.45, 2.75) is 116 Å². The van der Waals surface area contributed by atoms with Gasteiger partial charge in [0, 0.05) is 0 Å². The molecule has 0 heterocycles. The van der Waals surface area contributed by atoms with Gasteiger partial charge in [-0.1, -0.05) is 139 Å². The summed E-state index contributed by atoms with van der Waals surface area (Å²) in [6, 6.07) is 20.2. The molecule has 0 fully saturated rings. The maximum Gasteiger partial charge on any atom is 0.309 e. The van der Waals surface area contributed by atoms with Gasteiger partial charge in [0.05, 0.1) is 25.2 Å². The van der Waals surface area contributed by atoms with Gasteiger partial charge in [0.1, 0.15) is 0 Å². The smallest absolute Gasteiger partial charge is 0.309 e. The zero-order valence-electron chi connectivity index (χ0n) is 26.0. The fraction of sp³-hybridized carbons (Fsp3) is 0.588. The highest BCUT2D eigenvalue weighted by atomic mass is 28.4. The van der Waals surface area contributed by atoms with Crippen molar-refractivity contribution in [1.82, 2.24) is 0 Å². The van der Waals surface area contributed by atoms with E-state index in [1.807, 2.05) is 48.5 Å². The molecule has 0 aliphatic rings. The van der Waals surface area contributed by atoms with Crippen LogP contribution in [0.15, 0.2) is 60.7 Å². The van der Waals surface area contributed by atoms with Gasteiger partial charge in [-0.2, -0.15) is 0 Å². The molecular formula is C34H53O5Si2. The lowest BCUT2D eigenvalue weighted by Gasteiger charge is -2.36. The molecule has 227 valence electrons. The first kappa shape index (κ1) is 35.0. The number of rotatable bonds is 22. The van der Waals surface area contributed by atoms with E-state index in [-0.39, 0.29) is 18.4 Å². The Kier molecular flexibility index (Phi) is 17.6. The largest absolute Gasteiger partial charge is 0.466 e. The summed E-state index contributed by atoms with van der Waals surface area (Å²) in [5.74, 6) is -0.682. The van der Waals surface area contributed by atoms with Crippen LogP contribution in [-0.4, -0.2) is 42.5 Å². The summed E-state index contributed by atoms with van der Waals surface area (Å²) in [6.45, 7) is 9.35. The molecule has 0 aromatic heterocycles. The highest BCUT2D eigenvalue weighted by molar-refractivity contribution is 6.94. The van der Waals surface area contributed by atoms with Crippen LogP contribution in [0.25, 0.3) is 0 Å². The summed E-state index contributed by atoms with van der Waals surface area (Å²) in [6.07, 6.45) is 13.4. The molecule has 2 rings (SSSR count). The molecule has 0 aliphatic heterocycles. The van der Waals surface area contributed by atoms with Gasteiger partial charge in [0.2, 0.25) is 17.4 Å². The van der Waals surface area contributed by atoms with Crippen molar-refractivity contribution >= 4 is 39.7 Å². The Hall–Kier alpha value is -2.23. The van der Waals surface area contributed by atoms with E-state index < -0.39 is 22.9 Å². The Morgan fingerprint density at radius 3 is 1.76 bits per heavy atom. The van der Waals surface area contributed by atoms with Crippen LogP contribution in [0.3, 0.4) is 0 Å². The molecule has 41 heavy (non-hydrogen) atoms. The van der Waals surface area contributed by atoms with Crippen molar-refractivity contribution < 1.29 is 23.2 Å². The van der Waals surface area contributed by atoms with Gasteiger partial charge in [0.25, 0.3) is 0 Å². The van der Waals surface area contributed by atoms with Crippen LogP contribution in [0.1, 0.15) is 97.3 Å². The molecule has 2 atom stereocenters. The van der Waals surface area contributed by atoms with Gasteiger partial charge in [-0.05, 0) is 36.3 Å². The fourth-order valence-corrected chi connectivity index (χ4v) is 12.2. The minimum Gasteiger partial charge on any atom is -0.466 e. The molecule has 2 unspecified atom stereocenters. The third-order valence-corrected chi connectivity index (χ3v) is 15.0. The number of hydrogen-bond donors (Lipinski definition) is 0. The summed E-state index contributed by atoms with van der Waals surface area (Å²) >= 11 is 0. The summed E-state index contributed by atoms with van der Waals surface area (Å²) in [7, 11) is -4.46. The minimum atomic E-state index is -3.01. The van der Waals surface area contributed by atoms with Crippen molar-refractivity contribution in [3.63, 3.8) is 0 Å². The average molecular weight is 598 g/mol. The fourth-order valence-electron chi connectivity index (χ4n) is 5.10. The van der Waals surface area contributed by atoms with E-state index in [4.69, 9.17) is 13.6 Å². The van der Waals surface area contributed by atoms with Crippen LogP contribution >= 0.6 is 0 Å². The predicted octanol–water partition coefficient (Wildman–Crippen LogP) is 7.58. The van der Waals surface area contributed by atoms with E-state index in [2.05, 4.69) is 39.1 Å². The summed E-state index contributed by atoms with van der Waals surface area (Å²) < 4.78 is 18.5. The van der Waals surface area contributed by atoms with Gasteiger partial charge >= 0.3 is 11.9 Å². The van der Waals surface area contributed by atoms with Crippen LogP contribution in [-0.2, 0) is 23.2 Å². The number of esters is 2. The molecule has 0 bridgehead atoms. The molecule has 2 aromatic carbocycles. The van der Waals surface area contributed by atoms with Crippen LogP contribution in [0.4, 0.5) is 0 Å². The van der Waals surface area contributed by atoms with Gasteiger partial charge in [-0.25, -0.2) is 0 Å². The van der Waals surface area contributed by atoms with E-state index in [9.17, 15) is 9.59 Å². The molecule has 1 radical (unpaired) electrons. The molecule has 0 amide bonds. The summed E-state index contributed by atoms with van der Waals surface area (Å²) in [5, 5.41) is 2.13. The number of benzene rings is 2. The van der Waals surface area contributed by atoms with E-state index in [1.54, 1.807) is 0 Å².